The molecular formula is C7H10Cl2O5. The van der Waals surface area contributed by atoms with Crippen LogP contribution in [0.2, 0.25) is 0 Å². The molecule has 0 aliphatic carbocycles. The van der Waals surface area contributed by atoms with Crippen LogP contribution in [0.5, 0.6) is 0 Å². The second kappa shape index (κ2) is 4.74. The summed E-state index contributed by atoms with van der Waals surface area (Å²) in [6.45, 7) is 1.37. The van der Waals surface area contributed by atoms with Gasteiger partial charge in [-0.1, -0.05) is 0 Å². The van der Waals surface area contributed by atoms with Crippen LogP contribution in [0, 0.1) is 0 Å². The molecular weight excluding hydrogens is 235 g/mol. The van der Waals surface area contributed by atoms with E-state index in [9.17, 15) is 4.79 Å². The van der Waals surface area contributed by atoms with Crippen LogP contribution in [0.3, 0.4) is 0 Å². The van der Waals surface area contributed by atoms with Crippen molar-refractivity contribution < 1.29 is 24.0 Å². The van der Waals surface area contributed by atoms with E-state index in [-0.39, 0.29) is 18.4 Å². The Morgan fingerprint density at radius 3 is 2.50 bits per heavy atom. The maximum absolute atomic E-state index is 10.1. The van der Waals surface area contributed by atoms with E-state index in [0.29, 0.717) is 6.29 Å². The highest BCUT2D eigenvalue weighted by Crippen LogP contribution is 2.35. The molecule has 1 rings (SSSR count). The Bertz CT molecular complexity index is 214. The van der Waals surface area contributed by atoms with Crippen LogP contribution < -0.4 is 0 Å². The van der Waals surface area contributed by atoms with Crippen molar-refractivity contribution in [2.24, 2.45) is 0 Å². The van der Waals surface area contributed by atoms with E-state index in [2.05, 4.69) is 0 Å². The standard InChI is InChI=1S/C7H10Cl2O5/c1-6(4-8)12-7(5-9,14-13-6)11-3-2-10/h2H,3-5H2,1H3/t6-,7-/m1/s1. The lowest BCUT2D eigenvalue weighted by atomic mass is 10.4. The number of ether oxygens (including phenoxy) is 2. The van der Waals surface area contributed by atoms with Crippen LogP contribution in [0.15, 0.2) is 0 Å². The quantitative estimate of drug-likeness (QED) is 0.411. The highest BCUT2D eigenvalue weighted by atomic mass is 35.5. The first-order valence-corrected chi connectivity index (χ1v) is 4.93. The van der Waals surface area contributed by atoms with Gasteiger partial charge in [0, 0.05) is 0 Å². The summed E-state index contributed by atoms with van der Waals surface area (Å²) in [6, 6.07) is 0. The van der Waals surface area contributed by atoms with Crippen LogP contribution in [0.25, 0.3) is 0 Å². The molecule has 0 unspecified atom stereocenters. The van der Waals surface area contributed by atoms with Crippen molar-refractivity contribution in [3.05, 3.63) is 0 Å². The van der Waals surface area contributed by atoms with Crippen molar-refractivity contribution in [2.75, 3.05) is 18.4 Å². The number of carbonyl (C=O) groups is 1. The van der Waals surface area contributed by atoms with E-state index in [4.69, 9.17) is 42.5 Å². The number of carbonyl (C=O) groups excluding carboxylic acids is 1. The number of hydrogen-bond donors (Lipinski definition) is 0. The van der Waals surface area contributed by atoms with Gasteiger partial charge in [-0.15, -0.1) is 23.2 Å². The van der Waals surface area contributed by atoms with Gasteiger partial charge < -0.3 is 9.53 Å². The number of halogens is 2. The average molecular weight is 245 g/mol. The van der Waals surface area contributed by atoms with Gasteiger partial charge in [-0.3, -0.25) is 4.74 Å². The number of aldehydes is 1. The summed E-state index contributed by atoms with van der Waals surface area (Å²) >= 11 is 11.1. The van der Waals surface area contributed by atoms with Gasteiger partial charge in [0.1, 0.15) is 18.8 Å². The van der Waals surface area contributed by atoms with Crippen LogP contribution >= 0.6 is 23.2 Å². The van der Waals surface area contributed by atoms with E-state index >= 15 is 0 Å². The number of alkyl halides is 2. The van der Waals surface area contributed by atoms with Gasteiger partial charge in [-0.25, -0.2) is 0 Å². The van der Waals surface area contributed by atoms with Gasteiger partial charge in [0.05, 0.1) is 5.88 Å². The first-order valence-electron chi connectivity index (χ1n) is 3.86. The molecule has 1 heterocycles. The maximum Gasteiger partial charge on any atom is 0.329 e. The summed E-state index contributed by atoms with van der Waals surface area (Å²) in [4.78, 5) is 19.7. The third kappa shape index (κ3) is 2.56. The first-order chi connectivity index (χ1) is 6.60. The predicted molar refractivity (Wildman–Crippen MR) is 47.8 cm³/mol. The van der Waals surface area contributed by atoms with Crippen molar-refractivity contribution in [1.82, 2.24) is 0 Å². The molecule has 0 N–H and O–H groups in total. The van der Waals surface area contributed by atoms with Crippen LogP contribution in [-0.2, 0) is 24.0 Å². The molecule has 14 heavy (non-hydrogen) atoms. The zero-order chi connectivity index (χ0) is 10.7. The molecule has 82 valence electrons. The first kappa shape index (κ1) is 12.2. The Kier molecular flexibility index (Phi) is 4.12. The minimum absolute atomic E-state index is 0.0517. The summed E-state index contributed by atoms with van der Waals surface area (Å²) in [5.74, 6) is -2.74. The monoisotopic (exact) mass is 244 g/mol. The smallest absolute Gasteiger partial charge is 0.317 e. The molecule has 0 saturated carbocycles. The maximum atomic E-state index is 10.1. The Morgan fingerprint density at radius 1 is 1.36 bits per heavy atom. The fourth-order valence-corrected chi connectivity index (χ4v) is 1.14. The molecule has 1 aliphatic rings. The summed E-state index contributed by atoms with van der Waals surface area (Å²) in [6.07, 6.45) is 0.553. The molecule has 0 radical (unpaired) electrons. The average Bonchev–Trinajstić information content (AvgIpc) is 2.55. The molecule has 0 amide bonds. The van der Waals surface area contributed by atoms with Gasteiger partial charge in [-0.05, 0) is 6.92 Å². The molecule has 1 aliphatic heterocycles. The van der Waals surface area contributed by atoms with Gasteiger partial charge in [0.2, 0.25) is 5.79 Å². The van der Waals surface area contributed by atoms with Crippen molar-refractivity contribution in [3.63, 3.8) is 0 Å². The van der Waals surface area contributed by atoms with Gasteiger partial charge >= 0.3 is 5.97 Å². The second-order valence-electron chi connectivity index (χ2n) is 2.83. The van der Waals surface area contributed by atoms with Crippen molar-refractivity contribution in [2.45, 2.75) is 18.7 Å². The zero-order valence-corrected chi connectivity index (χ0v) is 9.01. The number of hydrogen-bond acceptors (Lipinski definition) is 5. The predicted octanol–water partition coefficient (Wildman–Crippen LogP) is 1.03. The van der Waals surface area contributed by atoms with E-state index in [1.165, 1.54) is 0 Å². The lowest BCUT2D eigenvalue weighted by molar-refractivity contribution is -0.404. The molecule has 0 spiro atoms. The summed E-state index contributed by atoms with van der Waals surface area (Å²) < 4.78 is 10.2. The summed E-state index contributed by atoms with van der Waals surface area (Å²) in [7, 11) is 0. The molecule has 5 nitrogen and oxygen atoms in total. The van der Waals surface area contributed by atoms with Crippen molar-refractivity contribution in [1.29, 1.82) is 0 Å². The van der Waals surface area contributed by atoms with Gasteiger partial charge in [0.25, 0.3) is 0 Å². The molecule has 1 saturated heterocycles. The molecule has 0 bridgehead atoms. The number of rotatable bonds is 5. The van der Waals surface area contributed by atoms with E-state index in [1.807, 2.05) is 0 Å². The SMILES string of the molecule is C[C@]1(CCl)OO[C@](CCl)(OCC=O)O1. The van der Waals surface area contributed by atoms with Gasteiger partial charge in [0.15, 0.2) is 0 Å². The molecule has 1 fully saturated rings. The summed E-state index contributed by atoms with van der Waals surface area (Å²) in [5.41, 5.74) is 0. The van der Waals surface area contributed by atoms with E-state index in [0.717, 1.165) is 0 Å². The molecule has 0 aromatic heterocycles. The Balaban J connectivity index is 2.60. The van der Waals surface area contributed by atoms with E-state index < -0.39 is 11.8 Å². The minimum atomic E-state index is -1.55. The van der Waals surface area contributed by atoms with Crippen molar-refractivity contribution >= 4 is 29.5 Å². The molecule has 2 atom stereocenters. The minimum Gasteiger partial charge on any atom is -0.317 e. The van der Waals surface area contributed by atoms with Gasteiger partial charge in [-0.2, -0.15) is 9.78 Å². The topological polar surface area (TPSA) is 54.0 Å². The van der Waals surface area contributed by atoms with Crippen LogP contribution in [0.4, 0.5) is 0 Å². The lowest BCUT2D eigenvalue weighted by Gasteiger charge is -2.23. The highest BCUT2D eigenvalue weighted by molar-refractivity contribution is 6.18. The molecule has 0 aromatic rings. The molecule has 0 aromatic carbocycles. The zero-order valence-electron chi connectivity index (χ0n) is 7.50. The third-order valence-electron chi connectivity index (χ3n) is 1.49. The molecule has 7 heteroatoms. The fourth-order valence-electron chi connectivity index (χ4n) is 0.867. The third-order valence-corrected chi connectivity index (χ3v) is 2.31. The Hall–Kier alpha value is 0.0900. The largest absolute Gasteiger partial charge is 0.329 e. The van der Waals surface area contributed by atoms with Crippen LogP contribution in [-0.4, -0.2) is 36.4 Å². The van der Waals surface area contributed by atoms with Crippen molar-refractivity contribution in [3.8, 4) is 0 Å². The summed E-state index contributed by atoms with van der Waals surface area (Å²) in [5, 5.41) is 0. The van der Waals surface area contributed by atoms with Crippen LogP contribution in [0.1, 0.15) is 6.92 Å². The van der Waals surface area contributed by atoms with E-state index in [1.54, 1.807) is 6.92 Å². The second-order valence-corrected chi connectivity index (χ2v) is 3.37. The highest BCUT2D eigenvalue weighted by Gasteiger charge is 2.51. The normalized spacial score (nSPS) is 37.4. The Morgan fingerprint density at radius 2 is 2.07 bits per heavy atom. The Labute approximate surface area is 91.1 Å². The fraction of sp³-hybridized carbons (Fsp3) is 0.857. The lowest BCUT2D eigenvalue weighted by Crippen LogP contribution is -2.40.